The van der Waals surface area contributed by atoms with Crippen LogP contribution in [0.3, 0.4) is 0 Å². The first-order valence-corrected chi connectivity index (χ1v) is 5.87. The Hall–Kier alpha value is -0.870. The lowest BCUT2D eigenvalue weighted by Gasteiger charge is -2.22. The molecule has 1 aromatic heterocycles. The molecule has 0 aliphatic carbocycles. The van der Waals surface area contributed by atoms with Crippen LogP contribution in [0.5, 0.6) is 0 Å². The van der Waals surface area contributed by atoms with E-state index in [4.69, 9.17) is 0 Å². The third-order valence-corrected chi connectivity index (χ3v) is 2.70. The van der Waals surface area contributed by atoms with Crippen LogP contribution < -0.4 is 5.32 Å². The molecule has 0 spiro atoms. The number of nitrogens with zero attached hydrogens (tertiary/aromatic N) is 2. The van der Waals surface area contributed by atoms with Crippen molar-refractivity contribution >= 4 is 0 Å². The van der Waals surface area contributed by atoms with Crippen LogP contribution in [0.15, 0.2) is 6.07 Å². The zero-order chi connectivity index (χ0) is 12.2. The number of hydrogen-bond acceptors (Lipinski definition) is 3. The Morgan fingerprint density at radius 2 is 2.25 bits per heavy atom. The van der Waals surface area contributed by atoms with Crippen LogP contribution in [0.2, 0.25) is 0 Å². The Kier molecular flexibility index (Phi) is 4.50. The fraction of sp³-hybridized carbons (Fsp3) is 0.750. The van der Waals surface area contributed by atoms with Crippen LogP contribution in [0.25, 0.3) is 0 Å². The zero-order valence-electron chi connectivity index (χ0n) is 10.7. The Labute approximate surface area is 97.7 Å². The quantitative estimate of drug-likeness (QED) is 0.769. The summed E-state index contributed by atoms with van der Waals surface area (Å²) in [4.78, 5) is 0. The number of aromatic nitrogens is 2. The van der Waals surface area contributed by atoms with Crippen molar-refractivity contribution in [1.29, 1.82) is 0 Å². The van der Waals surface area contributed by atoms with Gasteiger partial charge in [0, 0.05) is 20.1 Å². The molecule has 2 N–H and O–H groups in total. The molecular formula is C12H23N3O. The highest BCUT2D eigenvalue weighted by molar-refractivity contribution is 5.08. The van der Waals surface area contributed by atoms with Gasteiger partial charge < -0.3 is 10.4 Å². The predicted molar refractivity (Wildman–Crippen MR) is 65.2 cm³/mol. The molecule has 0 saturated carbocycles. The zero-order valence-corrected chi connectivity index (χ0v) is 10.7. The Balaban J connectivity index is 2.38. The van der Waals surface area contributed by atoms with Crippen molar-refractivity contribution in [2.75, 3.05) is 6.54 Å². The summed E-state index contributed by atoms with van der Waals surface area (Å²) in [5.41, 5.74) is 1.56. The largest absolute Gasteiger partial charge is 0.389 e. The minimum absolute atomic E-state index is 0.609. The molecule has 1 unspecified atom stereocenters. The minimum Gasteiger partial charge on any atom is -0.389 e. The van der Waals surface area contributed by atoms with Crippen molar-refractivity contribution in [2.24, 2.45) is 7.05 Å². The van der Waals surface area contributed by atoms with Crippen LogP contribution in [-0.2, 0) is 13.6 Å². The molecule has 0 aliphatic rings. The highest BCUT2D eigenvalue weighted by Crippen LogP contribution is 2.10. The molecule has 1 atom stereocenters. The average Bonchev–Trinajstić information content (AvgIpc) is 2.44. The van der Waals surface area contributed by atoms with Gasteiger partial charge in [-0.05, 0) is 26.3 Å². The van der Waals surface area contributed by atoms with Gasteiger partial charge in [0.25, 0.3) is 0 Å². The fourth-order valence-electron chi connectivity index (χ4n) is 1.92. The lowest BCUT2D eigenvalue weighted by atomic mass is 10.0. The summed E-state index contributed by atoms with van der Waals surface area (Å²) in [5.74, 6) is 0. The molecule has 0 aromatic carbocycles. The van der Waals surface area contributed by atoms with Gasteiger partial charge in [0.1, 0.15) is 0 Å². The smallest absolute Gasteiger partial charge is 0.0743 e. The van der Waals surface area contributed by atoms with Crippen LogP contribution in [0.1, 0.15) is 38.1 Å². The van der Waals surface area contributed by atoms with Crippen LogP contribution >= 0.6 is 0 Å². The summed E-state index contributed by atoms with van der Waals surface area (Å²) in [6.45, 7) is 7.30. The second-order valence-corrected chi connectivity index (χ2v) is 4.75. The first kappa shape index (κ1) is 13.2. The topological polar surface area (TPSA) is 50.1 Å². The summed E-state index contributed by atoms with van der Waals surface area (Å²) in [7, 11) is 1.94. The molecule has 0 bridgehead atoms. The summed E-state index contributed by atoms with van der Waals surface area (Å²) >= 11 is 0. The van der Waals surface area contributed by atoms with Crippen molar-refractivity contribution in [1.82, 2.24) is 15.1 Å². The summed E-state index contributed by atoms with van der Waals surface area (Å²) < 4.78 is 1.87. The first-order valence-electron chi connectivity index (χ1n) is 5.87. The Morgan fingerprint density at radius 3 is 2.75 bits per heavy atom. The maximum atomic E-state index is 9.98. The summed E-state index contributed by atoms with van der Waals surface area (Å²) in [6, 6.07) is 2.06. The monoisotopic (exact) mass is 225 g/mol. The first-order chi connectivity index (χ1) is 7.44. The van der Waals surface area contributed by atoms with Crippen molar-refractivity contribution in [3.8, 4) is 0 Å². The predicted octanol–water partition coefficient (Wildman–Crippen LogP) is 1.37. The highest BCUT2D eigenvalue weighted by Gasteiger charge is 2.18. The van der Waals surface area contributed by atoms with Crippen molar-refractivity contribution < 1.29 is 5.11 Å². The normalized spacial score (nSPS) is 15.1. The Morgan fingerprint density at radius 1 is 1.56 bits per heavy atom. The minimum atomic E-state index is -0.609. The molecule has 16 heavy (non-hydrogen) atoms. The molecule has 0 aliphatic heterocycles. The van der Waals surface area contributed by atoms with Crippen molar-refractivity contribution in [2.45, 2.75) is 45.8 Å². The van der Waals surface area contributed by atoms with Crippen LogP contribution in [0.4, 0.5) is 0 Å². The van der Waals surface area contributed by atoms with Crippen LogP contribution in [0, 0.1) is 6.92 Å². The molecule has 0 radical (unpaired) electrons. The number of hydrogen-bond donors (Lipinski definition) is 2. The van der Waals surface area contributed by atoms with E-state index in [1.807, 2.05) is 25.6 Å². The molecule has 4 nitrogen and oxygen atoms in total. The Bertz CT molecular complexity index is 331. The van der Waals surface area contributed by atoms with Gasteiger partial charge in [0.15, 0.2) is 0 Å². The van der Waals surface area contributed by atoms with E-state index in [2.05, 4.69) is 23.4 Å². The van der Waals surface area contributed by atoms with E-state index in [1.165, 1.54) is 0 Å². The third-order valence-electron chi connectivity index (χ3n) is 2.70. The van der Waals surface area contributed by atoms with Gasteiger partial charge in [0.2, 0.25) is 0 Å². The van der Waals surface area contributed by atoms with E-state index < -0.39 is 5.60 Å². The van der Waals surface area contributed by atoms with Gasteiger partial charge in [-0.1, -0.05) is 13.3 Å². The number of aryl methyl sites for hydroxylation is 2. The van der Waals surface area contributed by atoms with E-state index in [0.29, 0.717) is 6.54 Å². The van der Waals surface area contributed by atoms with E-state index in [1.54, 1.807) is 0 Å². The van der Waals surface area contributed by atoms with Crippen LogP contribution in [-0.4, -0.2) is 27.0 Å². The SMILES string of the molecule is CCCC(C)(O)CNCc1cc(C)nn1C. The second kappa shape index (κ2) is 5.46. The molecule has 0 fully saturated rings. The third kappa shape index (κ3) is 3.94. The van der Waals surface area contributed by atoms with E-state index >= 15 is 0 Å². The molecule has 4 heteroatoms. The summed E-state index contributed by atoms with van der Waals surface area (Å²) in [5, 5.41) is 17.5. The standard InChI is InChI=1S/C12H23N3O/c1-5-6-12(3,16)9-13-8-11-7-10(2)14-15(11)4/h7,13,16H,5-6,8-9H2,1-4H3. The van der Waals surface area contributed by atoms with Crippen molar-refractivity contribution in [3.63, 3.8) is 0 Å². The lowest BCUT2D eigenvalue weighted by Crippen LogP contribution is -2.37. The maximum absolute atomic E-state index is 9.98. The molecule has 1 rings (SSSR count). The highest BCUT2D eigenvalue weighted by atomic mass is 16.3. The van der Waals surface area contributed by atoms with Crippen molar-refractivity contribution in [3.05, 3.63) is 17.5 Å². The molecule has 0 saturated heterocycles. The maximum Gasteiger partial charge on any atom is 0.0743 e. The number of aliphatic hydroxyl groups is 1. The molecular weight excluding hydrogens is 202 g/mol. The van der Waals surface area contributed by atoms with Gasteiger partial charge in [-0.25, -0.2) is 0 Å². The number of rotatable bonds is 6. The van der Waals surface area contributed by atoms with E-state index in [0.717, 1.165) is 30.8 Å². The van der Waals surface area contributed by atoms with Gasteiger partial charge >= 0.3 is 0 Å². The van der Waals surface area contributed by atoms with Gasteiger partial charge in [-0.2, -0.15) is 5.10 Å². The molecule has 0 amide bonds. The number of nitrogens with one attached hydrogen (secondary N) is 1. The van der Waals surface area contributed by atoms with Gasteiger partial charge in [0.05, 0.1) is 17.0 Å². The fourth-order valence-corrected chi connectivity index (χ4v) is 1.92. The lowest BCUT2D eigenvalue weighted by molar-refractivity contribution is 0.0496. The molecule has 1 heterocycles. The summed E-state index contributed by atoms with van der Waals surface area (Å²) in [6.07, 6.45) is 1.82. The molecule has 92 valence electrons. The van der Waals surface area contributed by atoms with E-state index in [9.17, 15) is 5.11 Å². The average molecular weight is 225 g/mol. The second-order valence-electron chi connectivity index (χ2n) is 4.75. The molecule has 1 aromatic rings. The van der Waals surface area contributed by atoms with E-state index in [-0.39, 0.29) is 0 Å². The van der Waals surface area contributed by atoms with Gasteiger partial charge in [-0.15, -0.1) is 0 Å². The van der Waals surface area contributed by atoms with Gasteiger partial charge in [-0.3, -0.25) is 4.68 Å².